The second-order valence-corrected chi connectivity index (χ2v) is 6.98. The van der Waals surface area contributed by atoms with Crippen molar-refractivity contribution in [1.29, 1.82) is 0 Å². The normalized spacial score (nSPS) is 18.5. The summed E-state index contributed by atoms with van der Waals surface area (Å²) in [6, 6.07) is 5.37. The van der Waals surface area contributed by atoms with E-state index in [9.17, 15) is 18.8 Å². The van der Waals surface area contributed by atoms with E-state index in [0.717, 1.165) is 0 Å². The summed E-state index contributed by atoms with van der Waals surface area (Å²) in [4.78, 5) is 38.6. The first-order valence-corrected chi connectivity index (χ1v) is 9.24. The second kappa shape index (κ2) is 7.94. The first-order chi connectivity index (χ1) is 12.9. The molecule has 0 radical (unpaired) electrons. The van der Waals surface area contributed by atoms with E-state index in [1.54, 1.807) is 11.8 Å². The Morgan fingerprint density at radius 3 is 2.33 bits per heavy atom. The quantitative estimate of drug-likeness (QED) is 0.771. The number of likely N-dealkylation sites (tertiary alicyclic amines) is 1. The van der Waals surface area contributed by atoms with Crippen LogP contribution in [0.4, 0.5) is 14.9 Å². The lowest BCUT2D eigenvalue weighted by Crippen LogP contribution is -2.50. The smallest absolute Gasteiger partial charge is 0.409 e. The fourth-order valence-electron chi connectivity index (χ4n) is 3.21. The van der Waals surface area contributed by atoms with Crippen LogP contribution in [-0.2, 0) is 14.3 Å². The van der Waals surface area contributed by atoms with E-state index in [2.05, 4.69) is 10.6 Å². The molecular formula is C19H24FN3O4. The molecule has 1 aliphatic carbocycles. The van der Waals surface area contributed by atoms with Crippen molar-refractivity contribution in [3.05, 3.63) is 30.1 Å². The van der Waals surface area contributed by atoms with E-state index in [4.69, 9.17) is 4.74 Å². The van der Waals surface area contributed by atoms with Gasteiger partial charge in [0, 0.05) is 24.8 Å². The van der Waals surface area contributed by atoms with E-state index < -0.39 is 5.41 Å². The van der Waals surface area contributed by atoms with Crippen LogP contribution in [0.15, 0.2) is 24.3 Å². The first-order valence-electron chi connectivity index (χ1n) is 9.24. The molecule has 2 aliphatic rings. The predicted octanol–water partition coefficient (Wildman–Crippen LogP) is 2.28. The molecule has 2 N–H and O–H groups in total. The molecule has 0 unspecified atom stereocenters. The van der Waals surface area contributed by atoms with Gasteiger partial charge in [0.25, 0.3) is 0 Å². The molecule has 1 saturated carbocycles. The number of nitrogens with zero attached hydrogens (tertiary/aromatic N) is 1. The number of hydrogen-bond acceptors (Lipinski definition) is 4. The maximum atomic E-state index is 13.0. The van der Waals surface area contributed by atoms with E-state index in [1.165, 1.54) is 24.3 Å². The summed E-state index contributed by atoms with van der Waals surface area (Å²) in [5.41, 5.74) is -0.588. The third kappa shape index (κ3) is 4.37. The van der Waals surface area contributed by atoms with Gasteiger partial charge >= 0.3 is 6.09 Å². The van der Waals surface area contributed by atoms with Gasteiger partial charge in [-0.1, -0.05) is 0 Å². The zero-order valence-corrected chi connectivity index (χ0v) is 15.3. The zero-order chi connectivity index (χ0) is 19.4. The van der Waals surface area contributed by atoms with Gasteiger partial charge in [-0.3, -0.25) is 9.59 Å². The maximum Gasteiger partial charge on any atom is 0.409 e. The fourth-order valence-corrected chi connectivity index (χ4v) is 3.21. The van der Waals surface area contributed by atoms with E-state index in [-0.39, 0.29) is 29.8 Å². The molecule has 3 amide bonds. The van der Waals surface area contributed by atoms with Crippen LogP contribution in [0.1, 0.15) is 32.6 Å². The molecule has 146 valence electrons. The number of benzene rings is 1. The SMILES string of the molecule is CCOC(=O)N1CCC(NC(=O)C2(C(=O)Nc3ccc(F)cc3)CC2)CC1. The van der Waals surface area contributed by atoms with Crippen LogP contribution in [0.5, 0.6) is 0 Å². The van der Waals surface area contributed by atoms with Gasteiger partial charge in [-0.2, -0.15) is 0 Å². The Bertz CT molecular complexity index is 710. The number of anilines is 1. The summed E-state index contributed by atoms with van der Waals surface area (Å²) in [5.74, 6) is -1.03. The van der Waals surface area contributed by atoms with E-state index in [1.807, 2.05) is 0 Å². The van der Waals surface area contributed by atoms with Gasteiger partial charge in [0.05, 0.1) is 6.61 Å². The summed E-state index contributed by atoms with van der Waals surface area (Å²) in [6.07, 6.45) is 1.90. The van der Waals surface area contributed by atoms with Crippen LogP contribution in [0.25, 0.3) is 0 Å². The largest absolute Gasteiger partial charge is 0.450 e. The molecule has 2 fully saturated rings. The van der Waals surface area contributed by atoms with Crippen molar-refractivity contribution in [2.24, 2.45) is 5.41 Å². The molecule has 0 bridgehead atoms. The molecule has 1 aliphatic heterocycles. The molecule has 1 heterocycles. The number of ether oxygens (including phenoxy) is 1. The number of nitrogens with one attached hydrogen (secondary N) is 2. The molecule has 1 saturated heterocycles. The number of piperidine rings is 1. The van der Waals surface area contributed by atoms with E-state index in [0.29, 0.717) is 51.1 Å². The summed E-state index contributed by atoms with van der Waals surface area (Å²) < 4.78 is 18.0. The van der Waals surface area contributed by atoms with Gasteiger partial charge in [0.1, 0.15) is 11.2 Å². The minimum absolute atomic E-state index is 0.0701. The van der Waals surface area contributed by atoms with Crippen LogP contribution in [-0.4, -0.2) is 48.5 Å². The lowest BCUT2D eigenvalue weighted by Gasteiger charge is -2.32. The summed E-state index contributed by atoms with van der Waals surface area (Å²) in [7, 11) is 0. The lowest BCUT2D eigenvalue weighted by atomic mass is 10.0. The number of carbonyl (C=O) groups excluding carboxylic acids is 3. The topological polar surface area (TPSA) is 87.7 Å². The standard InChI is InChI=1S/C19H24FN3O4/c1-2-27-18(26)23-11-7-15(8-12-23)22-17(25)19(9-10-19)16(24)21-14-5-3-13(20)4-6-14/h3-6,15H,2,7-12H2,1H3,(H,21,24)(H,22,25). The van der Waals surface area contributed by atoms with Crippen LogP contribution < -0.4 is 10.6 Å². The average molecular weight is 377 g/mol. The molecule has 0 aromatic heterocycles. The van der Waals surface area contributed by atoms with E-state index >= 15 is 0 Å². The van der Waals surface area contributed by atoms with Gasteiger partial charge in [-0.05, 0) is 56.9 Å². The third-order valence-electron chi connectivity index (χ3n) is 5.08. The fraction of sp³-hybridized carbons (Fsp3) is 0.526. The van der Waals surface area contributed by atoms with Crippen LogP contribution in [0.3, 0.4) is 0 Å². The van der Waals surface area contributed by atoms with Crippen LogP contribution in [0.2, 0.25) is 0 Å². The molecule has 0 atom stereocenters. The third-order valence-corrected chi connectivity index (χ3v) is 5.08. The van der Waals surface area contributed by atoms with Crippen molar-refractivity contribution in [2.75, 3.05) is 25.0 Å². The molecule has 3 rings (SSSR count). The number of rotatable bonds is 5. The molecule has 1 aromatic rings. The average Bonchev–Trinajstić information content (AvgIpc) is 3.46. The van der Waals surface area contributed by atoms with Crippen molar-refractivity contribution in [3.63, 3.8) is 0 Å². The summed E-state index contributed by atoms with van der Waals surface area (Å²) >= 11 is 0. The van der Waals surface area contributed by atoms with Crippen LogP contribution >= 0.6 is 0 Å². The van der Waals surface area contributed by atoms with Crippen molar-refractivity contribution in [1.82, 2.24) is 10.2 Å². The lowest BCUT2D eigenvalue weighted by molar-refractivity contribution is -0.135. The highest BCUT2D eigenvalue weighted by molar-refractivity contribution is 6.13. The van der Waals surface area contributed by atoms with Gasteiger partial charge in [0.2, 0.25) is 11.8 Å². The Hall–Kier alpha value is -2.64. The van der Waals surface area contributed by atoms with Gasteiger partial charge in [-0.25, -0.2) is 9.18 Å². The van der Waals surface area contributed by atoms with Crippen molar-refractivity contribution in [2.45, 2.75) is 38.6 Å². The second-order valence-electron chi connectivity index (χ2n) is 6.98. The molecule has 1 aromatic carbocycles. The Balaban J connectivity index is 1.51. The maximum absolute atomic E-state index is 13.0. The number of amides is 3. The predicted molar refractivity (Wildman–Crippen MR) is 96.5 cm³/mol. The minimum atomic E-state index is -1.05. The molecule has 27 heavy (non-hydrogen) atoms. The molecule has 8 heteroatoms. The van der Waals surface area contributed by atoms with Gasteiger partial charge < -0.3 is 20.3 Å². The number of carbonyl (C=O) groups is 3. The highest BCUT2D eigenvalue weighted by Gasteiger charge is 2.56. The molecular weight excluding hydrogens is 353 g/mol. The van der Waals surface area contributed by atoms with Gasteiger partial charge in [-0.15, -0.1) is 0 Å². The number of hydrogen-bond donors (Lipinski definition) is 2. The number of halogens is 1. The monoisotopic (exact) mass is 377 g/mol. The Labute approximate surface area is 157 Å². The summed E-state index contributed by atoms with van der Waals surface area (Å²) in [6.45, 7) is 3.12. The molecule has 0 spiro atoms. The minimum Gasteiger partial charge on any atom is -0.450 e. The van der Waals surface area contributed by atoms with Crippen LogP contribution in [0, 0.1) is 11.2 Å². The Morgan fingerprint density at radius 2 is 1.78 bits per heavy atom. The summed E-state index contributed by atoms with van der Waals surface area (Å²) in [5, 5.41) is 5.64. The Kier molecular flexibility index (Phi) is 5.62. The Morgan fingerprint density at radius 1 is 1.15 bits per heavy atom. The highest BCUT2D eigenvalue weighted by Crippen LogP contribution is 2.47. The molecule has 7 nitrogen and oxygen atoms in total. The van der Waals surface area contributed by atoms with Crippen molar-refractivity contribution >= 4 is 23.6 Å². The first kappa shape index (κ1) is 19.1. The zero-order valence-electron chi connectivity index (χ0n) is 15.3. The van der Waals surface area contributed by atoms with Crippen molar-refractivity contribution < 1.29 is 23.5 Å². The van der Waals surface area contributed by atoms with Gasteiger partial charge in [0.15, 0.2) is 0 Å². The van der Waals surface area contributed by atoms with Crippen molar-refractivity contribution in [3.8, 4) is 0 Å². The highest BCUT2D eigenvalue weighted by atomic mass is 19.1.